The molecular formula is C24H21N5O4. The van der Waals surface area contributed by atoms with E-state index in [1.165, 1.54) is 9.08 Å². The Morgan fingerprint density at radius 3 is 2.61 bits per heavy atom. The number of hydrogen-bond donors (Lipinski definition) is 1. The number of benzene rings is 2. The molecule has 0 radical (unpaired) electrons. The maximum atomic E-state index is 13.3. The van der Waals surface area contributed by atoms with E-state index in [0.29, 0.717) is 34.2 Å². The molecule has 0 atom stereocenters. The predicted octanol–water partition coefficient (Wildman–Crippen LogP) is 3.07. The fourth-order valence-corrected chi connectivity index (χ4v) is 3.80. The molecule has 166 valence electrons. The number of ether oxygens (including phenoxy) is 1. The van der Waals surface area contributed by atoms with Crippen LogP contribution in [0.5, 0.6) is 5.75 Å². The van der Waals surface area contributed by atoms with Crippen molar-refractivity contribution in [3.05, 3.63) is 88.3 Å². The molecule has 2 aromatic carbocycles. The monoisotopic (exact) mass is 443 g/mol. The van der Waals surface area contributed by atoms with Gasteiger partial charge in [-0.25, -0.2) is 4.52 Å². The van der Waals surface area contributed by atoms with Crippen LogP contribution in [-0.2, 0) is 13.2 Å². The first kappa shape index (κ1) is 20.7. The van der Waals surface area contributed by atoms with Gasteiger partial charge in [-0.1, -0.05) is 29.4 Å². The molecule has 5 rings (SSSR count). The van der Waals surface area contributed by atoms with Crippen LogP contribution in [0.3, 0.4) is 0 Å². The van der Waals surface area contributed by atoms with Gasteiger partial charge < -0.3 is 18.9 Å². The second-order valence-corrected chi connectivity index (χ2v) is 7.56. The van der Waals surface area contributed by atoms with E-state index in [4.69, 9.17) is 9.26 Å². The molecule has 0 saturated heterocycles. The minimum atomic E-state index is -0.331. The molecule has 9 nitrogen and oxygen atoms in total. The highest BCUT2D eigenvalue weighted by Crippen LogP contribution is 2.27. The molecule has 0 amide bonds. The Bertz CT molecular complexity index is 1500. The SMILES string of the molecule is COc1ccc(-c2nn3ccn(Cc4nc(-c5ccccc5C)no4)c(=O)c3c2CO)cc1. The van der Waals surface area contributed by atoms with E-state index in [-0.39, 0.29) is 18.7 Å². The Morgan fingerprint density at radius 1 is 1.09 bits per heavy atom. The third-order valence-electron chi connectivity index (χ3n) is 5.54. The van der Waals surface area contributed by atoms with Gasteiger partial charge in [0.15, 0.2) is 0 Å². The van der Waals surface area contributed by atoms with Crippen molar-refractivity contribution >= 4 is 5.52 Å². The van der Waals surface area contributed by atoms with Gasteiger partial charge in [0, 0.05) is 29.1 Å². The summed E-state index contributed by atoms with van der Waals surface area (Å²) >= 11 is 0. The fourth-order valence-electron chi connectivity index (χ4n) is 3.80. The third kappa shape index (κ3) is 3.68. The summed E-state index contributed by atoms with van der Waals surface area (Å²) in [5.41, 5.74) is 3.64. The quantitative estimate of drug-likeness (QED) is 0.430. The first-order valence-electron chi connectivity index (χ1n) is 10.3. The minimum Gasteiger partial charge on any atom is -0.497 e. The summed E-state index contributed by atoms with van der Waals surface area (Å²) in [6.45, 7) is 1.74. The maximum Gasteiger partial charge on any atom is 0.277 e. The first-order chi connectivity index (χ1) is 16.1. The Kier molecular flexibility index (Phi) is 5.23. The van der Waals surface area contributed by atoms with Gasteiger partial charge in [-0.05, 0) is 36.8 Å². The normalized spacial score (nSPS) is 11.2. The number of hydrogen-bond acceptors (Lipinski definition) is 7. The topological polar surface area (TPSA) is 108 Å². The lowest BCUT2D eigenvalue weighted by atomic mass is 10.1. The summed E-state index contributed by atoms with van der Waals surface area (Å²) in [5, 5.41) is 18.6. The summed E-state index contributed by atoms with van der Waals surface area (Å²) in [6.07, 6.45) is 3.28. The molecule has 0 aliphatic rings. The first-order valence-corrected chi connectivity index (χ1v) is 10.3. The predicted molar refractivity (Wildman–Crippen MR) is 121 cm³/mol. The summed E-state index contributed by atoms with van der Waals surface area (Å²) in [7, 11) is 1.59. The number of rotatable bonds is 6. The summed E-state index contributed by atoms with van der Waals surface area (Å²) < 4.78 is 13.5. The van der Waals surface area contributed by atoms with Crippen LogP contribution in [0.25, 0.3) is 28.2 Å². The molecule has 0 aliphatic heterocycles. The van der Waals surface area contributed by atoms with Crippen molar-refractivity contribution in [2.24, 2.45) is 0 Å². The van der Waals surface area contributed by atoms with Gasteiger partial charge in [0.2, 0.25) is 11.7 Å². The van der Waals surface area contributed by atoms with Gasteiger partial charge in [-0.3, -0.25) is 4.79 Å². The molecule has 9 heteroatoms. The molecular weight excluding hydrogens is 422 g/mol. The van der Waals surface area contributed by atoms with Crippen LogP contribution in [-0.4, -0.2) is 36.5 Å². The Hall–Kier alpha value is -4.24. The molecule has 3 aromatic heterocycles. The number of fused-ring (bicyclic) bond motifs is 1. The van der Waals surface area contributed by atoms with Crippen molar-refractivity contribution in [1.82, 2.24) is 24.3 Å². The van der Waals surface area contributed by atoms with Crippen LogP contribution < -0.4 is 10.3 Å². The third-order valence-corrected chi connectivity index (χ3v) is 5.54. The second kappa shape index (κ2) is 8.36. The lowest BCUT2D eigenvalue weighted by Crippen LogP contribution is -2.22. The smallest absolute Gasteiger partial charge is 0.277 e. The highest BCUT2D eigenvalue weighted by Gasteiger charge is 2.19. The van der Waals surface area contributed by atoms with Crippen LogP contribution in [0.15, 0.2) is 70.2 Å². The van der Waals surface area contributed by atoms with Gasteiger partial charge in [0.25, 0.3) is 5.56 Å². The van der Waals surface area contributed by atoms with Gasteiger partial charge in [-0.15, -0.1) is 0 Å². The Morgan fingerprint density at radius 2 is 1.88 bits per heavy atom. The molecule has 33 heavy (non-hydrogen) atoms. The number of aliphatic hydroxyl groups is 1. The molecule has 0 fully saturated rings. The van der Waals surface area contributed by atoms with Gasteiger partial charge in [-0.2, -0.15) is 10.1 Å². The van der Waals surface area contributed by atoms with Crippen LogP contribution in [0.2, 0.25) is 0 Å². The number of aryl methyl sites for hydroxylation is 1. The Labute approximate surface area is 188 Å². The average molecular weight is 443 g/mol. The molecule has 0 bridgehead atoms. The lowest BCUT2D eigenvalue weighted by molar-refractivity contribution is 0.283. The average Bonchev–Trinajstić information content (AvgIpc) is 3.46. The van der Waals surface area contributed by atoms with Crippen molar-refractivity contribution in [2.45, 2.75) is 20.1 Å². The summed E-state index contributed by atoms with van der Waals surface area (Å²) in [5.74, 6) is 1.49. The zero-order valence-corrected chi connectivity index (χ0v) is 18.1. The zero-order chi connectivity index (χ0) is 22.9. The number of aromatic nitrogens is 5. The van der Waals surface area contributed by atoms with E-state index in [0.717, 1.165) is 16.7 Å². The number of methoxy groups -OCH3 is 1. The van der Waals surface area contributed by atoms with Crippen molar-refractivity contribution in [1.29, 1.82) is 0 Å². The van der Waals surface area contributed by atoms with Crippen molar-refractivity contribution in [2.75, 3.05) is 7.11 Å². The molecule has 5 aromatic rings. The highest BCUT2D eigenvalue weighted by molar-refractivity contribution is 5.72. The van der Waals surface area contributed by atoms with Crippen LogP contribution in [0, 0.1) is 6.92 Å². The molecule has 0 unspecified atom stereocenters. The van der Waals surface area contributed by atoms with Gasteiger partial charge in [0.1, 0.15) is 17.8 Å². The van der Waals surface area contributed by atoms with Crippen molar-refractivity contribution in [3.63, 3.8) is 0 Å². The van der Waals surface area contributed by atoms with Crippen molar-refractivity contribution < 1.29 is 14.4 Å². The second-order valence-electron chi connectivity index (χ2n) is 7.56. The number of nitrogens with zero attached hydrogens (tertiary/aromatic N) is 5. The summed E-state index contributed by atoms with van der Waals surface area (Å²) in [4.78, 5) is 17.7. The molecule has 1 N–H and O–H groups in total. The fraction of sp³-hybridized carbons (Fsp3) is 0.167. The largest absolute Gasteiger partial charge is 0.497 e. The van der Waals surface area contributed by atoms with E-state index in [1.54, 1.807) is 31.6 Å². The molecule has 0 spiro atoms. The van der Waals surface area contributed by atoms with Gasteiger partial charge >= 0.3 is 0 Å². The van der Waals surface area contributed by atoms with Crippen LogP contribution in [0.4, 0.5) is 0 Å². The molecule has 0 saturated carbocycles. The zero-order valence-electron chi connectivity index (χ0n) is 18.1. The standard InChI is InChI=1S/C24H21N5O4/c1-15-5-3-4-6-18(15)23-25-20(33-27-23)13-28-11-12-29-22(24(28)31)19(14-30)21(26-29)16-7-9-17(32-2)10-8-16/h3-12,30H,13-14H2,1-2H3. The lowest BCUT2D eigenvalue weighted by Gasteiger charge is -2.04. The van der Waals surface area contributed by atoms with E-state index in [2.05, 4.69) is 15.2 Å². The summed E-state index contributed by atoms with van der Waals surface area (Å²) in [6, 6.07) is 15.0. The number of aliphatic hydroxyl groups excluding tert-OH is 1. The molecule has 3 heterocycles. The molecule has 0 aliphatic carbocycles. The Balaban J connectivity index is 1.52. The van der Waals surface area contributed by atoms with E-state index in [9.17, 15) is 9.90 Å². The van der Waals surface area contributed by atoms with Crippen LogP contribution in [0.1, 0.15) is 17.0 Å². The highest BCUT2D eigenvalue weighted by atomic mass is 16.5. The van der Waals surface area contributed by atoms with Gasteiger partial charge in [0.05, 0.1) is 19.4 Å². The maximum absolute atomic E-state index is 13.3. The minimum absolute atomic E-state index is 0.0993. The van der Waals surface area contributed by atoms with Crippen LogP contribution >= 0.6 is 0 Å². The van der Waals surface area contributed by atoms with E-state index >= 15 is 0 Å². The van der Waals surface area contributed by atoms with E-state index < -0.39 is 0 Å². The van der Waals surface area contributed by atoms with E-state index in [1.807, 2.05) is 43.3 Å². The van der Waals surface area contributed by atoms with Crippen molar-refractivity contribution in [3.8, 4) is 28.4 Å².